The molecule has 0 aliphatic rings. The molecule has 1 aromatic rings. The van der Waals surface area contributed by atoms with Crippen molar-refractivity contribution < 1.29 is 19.1 Å². The van der Waals surface area contributed by atoms with Crippen molar-refractivity contribution in [3.63, 3.8) is 0 Å². The largest absolute Gasteiger partial charge is 0.497 e. The maximum Gasteiger partial charge on any atom is 0.243 e. The van der Waals surface area contributed by atoms with Crippen LogP contribution < -0.4 is 15.4 Å². The van der Waals surface area contributed by atoms with E-state index in [4.69, 9.17) is 4.74 Å². The topological polar surface area (TPSA) is 87.7 Å². The van der Waals surface area contributed by atoms with Gasteiger partial charge in [-0.05, 0) is 30.7 Å². The van der Waals surface area contributed by atoms with E-state index in [1.165, 1.54) is 4.90 Å². The number of anilines is 1. The Kier molecular flexibility index (Phi) is 8.46. The van der Waals surface area contributed by atoms with Gasteiger partial charge in [-0.2, -0.15) is 0 Å². The molecule has 2 N–H and O–H groups in total. The van der Waals surface area contributed by atoms with Crippen LogP contribution in [-0.4, -0.2) is 49.4 Å². The van der Waals surface area contributed by atoms with Crippen LogP contribution in [0.3, 0.4) is 0 Å². The molecule has 1 aromatic carbocycles. The Morgan fingerprint density at radius 3 is 2.28 bits per heavy atom. The van der Waals surface area contributed by atoms with Gasteiger partial charge in [-0.1, -0.05) is 20.8 Å². The van der Waals surface area contributed by atoms with E-state index in [0.29, 0.717) is 18.0 Å². The summed E-state index contributed by atoms with van der Waals surface area (Å²) in [5, 5.41) is 5.22. The maximum absolute atomic E-state index is 12.1. The minimum atomic E-state index is -0.354. The zero-order valence-electron chi connectivity index (χ0n) is 15.3. The van der Waals surface area contributed by atoms with Crippen LogP contribution in [0.1, 0.15) is 27.2 Å². The molecule has 7 heteroatoms. The summed E-state index contributed by atoms with van der Waals surface area (Å²) in [5.41, 5.74) is 0.614. The van der Waals surface area contributed by atoms with E-state index in [-0.39, 0.29) is 36.7 Å². The van der Waals surface area contributed by atoms with Crippen LogP contribution >= 0.6 is 0 Å². The fourth-order valence-electron chi connectivity index (χ4n) is 2.19. The molecule has 0 saturated carbocycles. The third-order valence-corrected chi connectivity index (χ3v) is 3.45. The molecule has 0 radical (unpaired) electrons. The minimum Gasteiger partial charge on any atom is -0.497 e. The predicted octanol–water partition coefficient (Wildman–Crippen LogP) is 1.64. The first-order valence-corrected chi connectivity index (χ1v) is 8.36. The predicted molar refractivity (Wildman–Crippen MR) is 96.3 cm³/mol. The summed E-state index contributed by atoms with van der Waals surface area (Å²) in [5.74, 6) is -0.238. The lowest BCUT2D eigenvalue weighted by Gasteiger charge is -2.23. The molecule has 138 valence electrons. The average molecular weight is 349 g/mol. The molecule has 0 unspecified atom stereocenters. The smallest absolute Gasteiger partial charge is 0.243 e. The number of methoxy groups -OCH3 is 1. The van der Waals surface area contributed by atoms with E-state index in [1.807, 2.05) is 6.92 Å². The molecule has 0 saturated heterocycles. The number of carbonyl (C=O) groups excluding carboxylic acids is 3. The monoisotopic (exact) mass is 349 g/mol. The van der Waals surface area contributed by atoms with E-state index in [0.717, 1.165) is 6.42 Å². The van der Waals surface area contributed by atoms with Crippen molar-refractivity contribution in [1.29, 1.82) is 0 Å². The fraction of sp³-hybridized carbons (Fsp3) is 0.500. The molecule has 0 aromatic heterocycles. The Bertz CT molecular complexity index is 584. The molecule has 0 bridgehead atoms. The van der Waals surface area contributed by atoms with Crippen molar-refractivity contribution in [1.82, 2.24) is 10.2 Å². The Hall–Kier alpha value is -2.57. The summed E-state index contributed by atoms with van der Waals surface area (Å²) in [6, 6.07) is 6.88. The normalized spacial score (nSPS) is 10.3. The molecule has 7 nitrogen and oxygen atoms in total. The van der Waals surface area contributed by atoms with Crippen molar-refractivity contribution in [3.8, 4) is 5.75 Å². The number of rotatable bonds is 9. The van der Waals surface area contributed by atoms with Crippen LogP contribution in [0.25, 0.3) is 0 Å². The first-order chi connectivity index (χ1) is 11.9. The fourth-order valence-corrected chi connectivity index (χ4v) is 2.19. The highest BCUT2D eigenvalue weighted by molar-refractivity contribution is 5.95. The van der Waals surface area contributed by atoms with E-state index in [2.05, 4.69) is 10.6 Å². The summed E-state index contributed by atoms with van der Waals surface area (Å²) < 4.78 is 5.04. The number of nitrogens with zero attached hydrogens (tertiary/aromatic N) is 1. The summed E-state index contributed by atoms with van der Waals surface area (Å²) in [7, 11) is 1.56. The number of ether oxygens (including phenoxy) is 1. The van der Waals surface area contributed by atoms with Crippen LogP contribution in [0.15, 0.2) is 24.3 Å². The lowest BCUT2D eigenvalue weighted by molar-refractivity contribution is -0.138. The highest BCUT2D eigenvalue weighted by atomic mass is 16.5. The van der Waals surface area contributed by atoms with Gasteiger partial charge >= 0.3 is 0 Å². The minimum absolute atomic E-state index is 0.0410. The Morgan fingerprint density at radius 2 is 1.76 bits per heavy atom. The second-order valence-electron chi connectivity index (χ2n) is 5.97. The van der Waals surface area contributed by atoms with E-state index in [1.54, 1.807) is 45.2 Å². The summed E-state index contributed by atoms with van der Waals surface area (Å²) in [6.07, 6.45) is 0.768. The van der Waals surface area contributed by atoms with Gasteiger partial charge in [0.2, 0.25) is 17.7 Å². The average Bonchev–Trinajstić information content (AvgIpc) is 2.59. The zero-order chi connectivity index (χ0) is 18.8. The molecule has 0 heterocycles. The molecule has 1 rings (SSSR count). The van der Waals surface area contributed by atoms with Gasteiger partial charge in [0.05, 0.1) is 20.2 Å². The second kappa shape index (κ2) is 10.3. The summed E-state index contributed by atoms with van der Waals surface area (Å²) in [4.78, 5) is 37.5. The van der Waals surface area contributed by atoms with Gasteiger partial charge in [-0.15, -0.1) is 0 Å². The van der Waals surface area contributed by atoms with Gasteiger partial charge < -0.3 is 20.3 Å². The third kappa shape index (κ3) is 7.24. The molecule has 0 spiro atoms. The lowest BCUT2D eigenvalue weighted by Crippen LogP contribution is -2.44. The van der Waals surface area contributed by atoms with Crippen LogP contribution in [0.4, 0.5) is 5.69 Å². The van der Waals surface area contributed by atoms with Crippen LogP contribution in [-0.2, 0) is 14.4 Å². The van der Waals surface area contributed by atoms with E-state index >= 15 is 0 Å². The van der Waals surface area contributed by atoms with Gasteiger partial charge in [0.25, 0.3) is 0 Å². The standard InChI is InChI=1S/C18H27N3O4/c1-5-10-21(18(24)13(2)3)12-17(23)19-11-16(22)20-14-6-8-15(25-4)9-7-14/h6-9,13H,5,10-12H2,1-4H3,(H,19,23)(H,20,22). The molecule has 25 heavy (non-hydrogen) atoms. The van der Waals surface area contributed by atoms with Crippen molar-refractivity contribution in [2.75, 3.05) is 32.1 Å². The first-order valence-electron chi connectivity index (χ1n) is 8.36. The number of hydrogen-bond acceptors (Lipinski definition) is 4. The number of nitrogens with one attached hydrogen (secondary N) is 2. The Labute approximate surface area is 148 Å². The summed E-state index contributed by atoms with van der Waals surface area (Å²) >= 11 is 0. The number of hydrogen-bond donors (Lipinski definition) is 2. The Balaban J connectivity index is 2.45. The summed E-state index contributed by atoms with van der Waals surface area (Å²) in [6.45, 7) is 5.86. The molecule has 0 aliphatic heterocycles. The van der Waals surface area contributed by atoms with Gasteiger partial charge in [-0.25, -0.2) is 0 Å². The quantitative estimate of drug-likeness (QED) is 0.709. The SMILES string of the molecule is CCCN(CC(=O)NCC(=O)Nc1ccc(OC)cc1)C(=O)C(C)C. The molecule has 0 atom stereocenters. The zero-order valence-corrected chi connectivity index (χ0v) is 15.3. The van der Waals surface area contributed by atoms with Crippen molar-refractivity contribution in [2.45, 2.75) is 27.2 Å². The van der Waals surface area contributed by atoms with Crippen LogP contribution in [0.2, 0.25) is 0 Å². The first kappa shape index (κ1) is 20.5. The number of carbonyl (C=O) groups is 3. The second-order valence-corrected chi connectivity index (χ2v) is 5.97. The number of amides is 3. The molecule has 0 fully saturated rings. The highest BCUT2D eigenvalue weighted by Crippen LogP contribution is 2.14. The molecular formula is C18H27N3O4. The third-order valence-electron chi connectivity index (χ3n) is 3.45. The van der Waals surface area contributed by atoms with Crippen molar-refractivity contribution in [3.05, 3.63) is 24.3 Å². The van der Waals surface area contributed by atoms with Crippen molar-refractivity contribution >= 4 is 23.4 Å². The van der Waals surface area contributed by atoms with E-state index < -0.39 is 0 Å². The molecule has 3 amide bonds. The maximum atomic E-state index is 12.1. The molecule has 0 aliphatic carbocycles. The van der Waals surface area contributed by atoms with E-state index in [9.17, 15) is 14.4 Å². The highest BCUT2D eigenvalue weighted by Gasteiger charge is 2.19. The van der Waals surface area contributed by atoms with Gasteiger partial charge in [-0.3, -0.25) is 14.4 Å². The van der Waals surface area contributed by atoms with Crippen molar-refractivity contribution in [2.24, 2.45) is 5.92 Å². The van der Waals surface area contributed by atoms with Crippen LogP contribution in [0.5, 0.6) is 5.75 Å². The van der Waals surface area contributed by atoms with Gasteiger partial charge in [0.15, 0.2) is 0 Å². The van der Waals surface area contributed by atoms with Crippen LogP contribution in [0, 0.1) is 5.92 Å². The molecular weight excluding hydrogens is 322 g/mol. The van der Waals surface area contributed by atoms with Gasteiger partial charge in [0, 0.05) is 18.2 Å². The Morgan fingerprint density at radius 1 is 1.12 bits per heavy atom. The number of benzene rings is 1. The van der Waals surface area contributed by atoms with Gasteiger partial charge in [0.1, 0.15) is 5.75 Å². The lowest BCUT2D eigenvalue weighted by atomic mass is 10.2.